The Labute approximate surface area is 186 Å². The smallest absolute Gasteiger partial charge is 0.217 e. The maximum atomic E-state index is 11.2. The third-order valence-corrected chi connectivity index (χ3v) is 6.42. The van der Waals surface area contributed by atoms with E-state index in [1.807, 2.05) is 16.7 Å². The van der Waals surface area contributed by atoms with Gasteiger partial charge in [0.05, 0.1) is 12.9 Å². The fraction of sp³-hybridized carbons (Fsp3) is 0.368. The molecule has 2 aromatic heterocycles. The van der Waals surface area contributed by atoms with E-state index in [-0.39, 0.29) is 12.3 Å². The van der Waals surface area contributed by atoms with Crippen LogP contribution in [0.25, 0.3) is 11.2 Å². The van der Waals surface area contributed by atoms with Gasteiger partial charge in [-0.25, -0.2) is 15.0 Å². The first-order valence-electron chi connectivity index (χ1n) is 9.47. The van der Waals surface area contributed by atoms with Gasteiger partial charge in [-0.3, -0.25) is 4.79 Å². The average molecular weight is 494 g/mol. The third-order valence-electron chi connectivity index (χ3n) is 5.49. The molecule has 1 saturated heterocycles. The summed E-state index contributed by atoms with van der Waals surface area (Å²) in [6.07, 6.45) is 4.72. The van der Waals surface area contributed by atoms with Crippen molar-refractivity contribution in [1.29, 1.82) is 0 Å². The Balaban J connectivity index is 1.67. The normalized spacial score (nSPS) is 19.0. The van der Waals surface area contributed by atoms with Crippen molar-refractivity contribution in [1.82, 2.24) is 19.5 Å². The van der Waals surface area contributed by atoms with Crippen molar-refractivity contribution in [2.24, 2.45) is 11.5 Å². The molecule has 3 aromatic rings. The van der Waals surface area contributed by atoms with Gasteiger partial charge in [-0.1, -0.05) is 27.5 Å². The molecule has 0 saturated carbocycles. The number of primary amides is 1. The lowest BCUT2D eigenvalue weighted by Crippen LogP contribution is -2.43. The number of benzene rings is 1. The molecular formula is C19H22BrClN8O. The highest BCUT2D eigenvalue weighted by atomic mass is 79.9. The number of nitrogens with two attached hydrogens (primary N) is 3. The van der Waals surface area contributed by atoms with E-state index < -0.39 is 5.54 Å². The van der Waals surface area contributed by atoms with Crippen LogP contribution in [0.1, 0.15) is 24.8 Å². The first-order valence-corrected chi connectivity index (χ1v) is 10.6. The van der Waals surface area contributed by atoms with Crippen molar-refractivity contribution in [3.63, 3.8) is 0 Å². The Kier molecular flexibility index (Phi) is 5.56. The van der Waals surface area contributed by atoms with Crippen molar-refractivity contribution in [2.45, 2.75) is 31.3 Å². The summed E-state index contributed by atoms with van der Waals surface area (Å²) in [7, 11) is 0. The van der Waals surface area contributed by atoms with Crippen molar-refractivity contribution in [2.75, 3.05) is 23.7 Å². The van der Waals surface area contributed by atoms with E-state index in [2.05, 4.69) is 35.8 Å². The van der Waals surface area contributed by atoms with Gasteiger partial charge in [-0.15, -0.1) is 0 Å². The van der Waals surface area contributed by atoms with E-state index in [1.54, 1.807) is 6.33 Å². The predicted molar refractivity (Wildman–Crippen MR) is 120 cm³/mol. The number of amides is 1. The van der Waals surface area contributed by atoms with Crippen LogP contribution in [-0.4, -0.2) is 44.1 Å². The number of aromatic nitrogens is 4. The molecule has 1 fully saturated rings. The number of imidazole rings is 1. The van der Waals surface area contributed by atoms with Crippen LogP contribution < -0.4 is 22.1 Å². The lowest BCUT2D eigenvalue weighted by Gasteiger charge is -2.27. The van der Waals surface area contributed by atoms with Gasteiger partial charge in [0, 0.05) is 45.8 Å². The van der Waals surface area contributed by atoms with E-state index in [1.165, 1.54) is 6.33 Å². The Bertz CT molecular complexity index is 1120. The number of halogens is 2. The topological polar surface area (TPSA) is 142 Å². The number of carbonyl (C=O) groups excluding carboxylic acids is 1. The fourth-order valence-corrected chi connectivity index (χ4v) is 4.81. The van der Waals surface area contributed by atoms with E-state index in [0.29, 0.717) is 41.5 Å². The molecule has 11 heteroatoms. The number of nitrogens with zero attached hydrogens (tertiary/aromatic N) is 5. The summed E-state index contributed by atoms with van der Waals surface area (Å²) in [6.45, 7) is 1.88. The van der Waals surface area contributed by atoms with Gasteiger partial charge in [0.15, 0.2) is 11.5 Å². The van der Waals surface area contributed by atoms with Crippen molar-refractivity contribution in [3.8, 4) is 0 Å². The molecule has 0 aliphatic carbocycles. The molecule has 1 amide bonds. The number of carbonyl (C=O) groups is 1. The van der Waals surface area contributed by atoms with E-state index in [9.17, 15) is 4.79 Å². The third kappa shape index (κ3) is 4.07. The van der Waals surface area contributed by atoms with E-state index in [0.717, 1.165) is 28.7 Å². The summed E-state index contributed by atoms with van der Waals surface area (Å²) in [5.41, 5.74) is 20.5. The van der Waals surface area contributed by atoms with Crippen LogP contribution in [0.5, 0.6) is 0 Å². The van der Waals surface area contributed by atoms with Gasteiger partial charge in [0.25, 0.3) is 0 Å². The van der Waals surface area contributed by atoms with Crippen LogP contribution in [0.15, 0.2) is 29.3 Å². The Morgan fingerprint density at radius 2 is 2.10 bits per heavy atom. The van der Waals surface area contributed by atoms with Crippen LogP contribution in [-0.2, 0) is 11.3 Å². The van der Waals surface area contributed by atoms with Crippen LogP contribution in [0.2, 0.25) is 5.02 Å². The minimum Gasteiger partial charge on any atom is -0.382 e. The largest absolute Gasteiger partial charge is 0.382 e. The standard InChI is InChI=1S/C19H22BrClN8O/c20-13-5-11(21)6-14(28-4-3-19(24,8-28)2-1-15(22)30)12(13)7-29-10-27-16-17(23)25-9-26-18(16)29/h5-6,9-10H,1-4,7-8,24H2,(H2,22,30)(H2,23,25,26). The van der Waals surface area contributed by atoms with Gasteiger partial charge in [0.2, 0.25) is 5.91 Å². The molecule has 3 heterocycles. The number of fused-ring (bicyclic) bond motifs is 1. The highest BCUT2D eigenvalue weighted by Gasteiger charge is 2.35. The molecular weight excluding hydrogens is 472 g/mol. The van der Waals surface area contributed by atoms with Gasteiger partial charge in [-0.05, 0) is 25.0 Å². The Morgan fingerprint density at radius 3 is 2.87 bits per heavy atom. The first-order chi connectivity index (χ1) is 14.3. The predicted octanol–water partition coefficient (Wildman–Crippen LogP) is 2.05. The molecule has 1 aliphatic rings. The molecule has 9 nitrogen and oxygen atoms in total. The van der Waals surface area contributed by atoms with Crippen LogP contribution in [0, 0.1) is 0 Å². The zero-order valence-corrected chi connectivity index (χ0v) is 18.5. The summed E-state index contributed by atoms with van der Waals surface area (Å²) in [6, 6.07) is 3.80. The molecule has 1 atom stereocenters. The van der Waals surface area contributed by atoms with E-state index in [4.69, 9.17) is 28.8 Å². The van der Waals surface area contributed by atoms with Crippen LogP contribution in [0.4, 0.5) is 11.5 Å². The maximum absolute atomic E-state index is 11.2. The average Bonchev–Trinajstić information content (AvgIpc) is 3.27. The molecule has 4 rings (SSSR count). The van der Waals surface area contributed by atoms with Crippen molar-refractivity contribution in [3.05, 3.63) is 39.8 Å². The summed E-state index contributed by atoms with van der Waals surface area (Å²) in [5, 5.41) is 0.620. The second-order valence-electron chi connectivity index (χ2n) is 7.69. The quantitative estimate of drug-likeness (QED) is 0.477. The van der Waals surface area contributed by atoms with Crippen molar-refractivity contribution >= 4 is 56.1 Å². The minimum atomic E-state index is -0.468. The molecule has 1 unspecified atom stereocenters. The molecule has 0 spiro atoms. The van der Waals surface area contributed by atoms with Gasteiger partial charge < -0.3 is 26.7 Å². The number of nitrogen functional groups attached to an aromatic ring is 1. The SMILES string of the molecule is NC(=O)CCC1(N)CCN(c2cc(Cl)cc(Br)c2Cn2cnc3c(N)ncnc32)C1. The molecule has 6 N–H and O–H groups in total. The minimum absolute atomic E-state index is 0.276. The summed E-state index contributed by atoms with van der Waals surface area (Å²) >= 11 is 10.0. The fourth-order valence-electron chi connectivity index (χ4n) is 3.89. The molecule has 1 aliphatic heterocycles. The highest BCUT2D eigenvalue weighted by Crippen LogP contribution is 2.37. The highest BCUT2D eigenvalue weighted by molar-refractivity contribution is 9.10. The summed E-state index contributed by atoms with van der Waals surface area (Å²) < 4.78 is 2.80. The molecule has 0 radical (unpaired) electrons. The lowest BCUT2D eigenvalue weighted by molar-refractivity contribution is -0.118. The number of hydrogen-bond acceptors (Lipinski definition) is 7. The zero-order chi connectivity index (χ0) is 21.5. The van der Waals surface area contributed by atoms with E-state index >= 15 is 0 Å². The van der Waals surface area contributed by atoms with Gasteiger partial charge in [-0.2, -0.15) is 0 Å². The second-order valence-corrected chi connectivity index (χ2v) is 8.98. The second kappa shape index (κ2) is 8.01. The summed E-state index contributed by atoms with van der Waals surface area (Å²) in [4.78, 5) is 26.1. The number of rotatable bonds is 6. The number of hydrogen-bond donors (Lipinski definition) is 3. The molecule has 30 heavy (non-hydrogen) atoms. The van der Waals surface area contributed by atoms with Crippen LogP contribution in [0.3, 0.4) is 0 Å². The first kappa shape index (κ1) is 20.8. The monoisotopic (exact) mass is 492 g/mol. The van der Waals surface area contributed by atoms with Crippen molar-refractivity contribution < 1.29 is 4.79 Å². The number of anilines is 2. The molecule has 0 bridgehead atoms. The zero-order valence-electron chi connectivity index (χ0n) is 16.2. The maximum Gasteiger partial charge on any atom is 0.217 e. The van der Waals surface area contributed by atoms with Gasteiger partial charge >= 0.3 is 0 Å². The van der Waals surface area contributed by atoms with Crippen LogP contribution >= 0.6 is 27.5 Å². The Hall–Kier alpha value is -2.43. The molecule has 1 aromatic carbocycles. The lowest BCUT2D eigenvalue weighted by atomic mass is 9.93. The van der Waals surface area contributed by atoms with Gasteiger partial charge in [0.1, 0.15) is 11.8 Å². The summed E-state index contributed by atoms with van der Waals surface area (Å²) in [5.74, 6) is 0.00812. The molecule has 158 valence electrons. The Morgan fingerprint density at radius 1 is 1.30 bits per heavy atom.